The first kappa shape index (κ1) is 13.2. The number of hydrogen-bond acceptors (Lipinski definition) is 2. The second kappa shape index (κ2) is 7.62. The van der Waals surface area contributed by atoms with Crippen LogP contribution in [0.2, 0.25) is 19.6 Å². The highest BCUT2D eigenvalue weighted by Crippen LogP contribution is 2.20. The van der Waals surface area contributed by atoms with Crippen molar-refractivity contribution in [3.05, 3.63) is 0 Å². The number of unbranched alkanes of at least 4 members (excludes halogenated alkanes) is 2. The van der Waals surface area contributed by atoms with Gasteiger partial charge in [0.25, 0.3) is 0 Å². The molecule has 0 spiro atoms. The maximum absolute atomic E-state index is 4.20. The number of aliphatic imine (C=N–C) groups is 1. The molecular weight excluding hydrogens is 194 g/mol. The zero-order chi connectivity index (χ0) is 10.2. The lowest BCUT2D eigenvalue weighted by atomic mass is 10.2. The van der Waals surface area contributed by atoms with Crippen molar-refractivity contribution in [2.45, 2.75) is 45.8 Å². The van der Waals surface area contributed by atoms with E-state index in [4.69, 9.17) is 0 Å². The van der Waals surface area contributed by atoms with Crippen molar-refractivity contribution in [1.82, 2.24) is 0 Å². The molecule has 78 valence electrons. The Kier molecular flexibility index (Phi) is 7.76. The smallest absolute Gasteiger partial charge is 0.108 e. The molecule has 3 heteroatoms. The van der Waals surface area contributed by atoms with E-state index < -0.39 is 7.22 Å². The van der Waals surface area contributed by atoms with Gasteiger partial charge in [0.1, 0.15) is 7.22 Å². The van der Waals surface area contributed by atoms with Gasteiger partial charge in [-0.25, -0.2) is 0 Å². The van der Waals surface area contributed by atoms with Gasteiger partial charge in [-0.2, -0.15) is 11.2 Å². The van der Waals surface area contributed by atoms with Crippen LogP contribution in [0.5, 0.6) is 0 Å². The molecule has 0 aliphatic rings. The van der Waals surface area contributed by atoms with Crippen LogP contribution in [0.4, 0.5) is 0 Å². The van der Waals surface area contributed by atoms with Gasteiger partial charge >= 0.3 is 0 Å². The largest absolute Gasteiger partial charge is 0.298 e. The van der Waals surface area contributed by atoms with E-state index in [-0.39, 0.29) is 0 Å². The Morgan fingerprint density at radius 3 is 2.38 bits per heavy atom. The van der Waals surface area contributed by atoms with Crippen LogP contribution >= 0.6 is 11.2 Å². The fourth-order valence-electron chi connectivity index (χ4n) is 0.989. The van der Waals surface area contributed by atoms with E-state index in [1.165, 1.54) is 25.0 Å². The molecule has 0 atom stereocenters. The van der Waals surface area contributed by atoms with E-state index >= 15 is 0 Å². The standard InChI is InChI=1S/C10H23NSSi/c1-5-11-9-7-6-8-10-12-13(2,3)4/h5H,6-10H2,1-4H3. The van der Waals surface area contributed by atoms with E-state index in [1.807, 2.05) is 13.1 Å². The Morgan fingerprint density at radius 2 is 1.85 bits per heavy atom. The first-order valence-electron chi connectivity index (χ1n) is 5.14. The molecule has 0 heterocycles. The SMILES string of the molecule is CC=NCCCCCS[Si](C)(C)C. The molecule has 0 radical (unpaired) electrons. The molecule has 1 nitrogen and oxygen atoms in total. The summed E-state index contributed by atoms with van der Waals surface area (Å²) in [6.45, 7) is 10.3. The Hall–Kier alpha value is 0.237. The Balaban J connectivity index is 3.09. The van der Waals surface area contributed by atoms with Gasteiger partial charge in [-0.3, -0.25) is 4.99 Å². The van der Waals surface area contributed by atoms with Crippen LogP contribution < -0.4 is 0 Å². The summed E-state index contributed by atoms with van der Waals surface area (Å²) >= 11 is 2.20. The summed E-state index contributed by atoms with van der Waals surface area (Å²) in [5.74, 6) is 1.35. The number of rotatable bonds is 7. The summed E-state index contributed by atoms with van der Waals surface area (Å²) in [4.78, 5) is 4.20. The molecule has 0 rings (SSSR count). The third-order valence-corrected chi connectivity index (χ3v) is 6.22. The van der Waals surface area contributed by atoms with Gasteiger partial charge in [-0.15, -0.1) is 0 Å². The minimum atomic E-state index is -0.846. The molecule has 0 aromatic heterocycles. The molecule has 0 unspecified atom stereocenters. The van der Waals surface area contributed by atoms with Crippen molar-refractivity contribution < 1.29 is 0 Å². The van der Waals surface area contributed by atoms with Crippen molar-refractivity contribution in [2.75, 3.05) is 12.3 Å². The van der Waals surface area contributed by atoms with Crippen molar-refractivity contribution in [3.8, 4) is 0 Å². The average Bonchev–Trinajstić information content (AvgIpc) is 2.01. The molecular formula is C10H23NSSi. The lowest BCUT2D eigenvalue weighted by Crippen LogP contribution is -2.14. The molecule has 0 aromatic carbocycles. The van der Waals surface area contributed by atoms with Crippen LogP contribution in [0, 0.1) is 0 Å². The van der Waals surface area contributed by atoms with Crippen molar-refractivity contribution in [1.29, 1.82) is 0 Å². The number of nitrogens with zero attached hydrogens (tertiary/aromatic N) is 1. The third kappa shape index (κ3) is 12.2. The van der Waals surface area contributed by atoms with Crippen LogP contribution in [-0.4, -0.2) is 25.7 Å². The minimum absolute atomic E-state index is 0.846. The summed E-state index contributed by atoms with van der Waals surface area (Å²) in [6.07, 6.45) is 5.87. The summed E-state index contributed by atoms with van der Waals surface area (Å²) in [5, 5.41) is 0. The van der Waals surface area contributed by atoms with Crippen LogP contribution in [0.15, 0.2) is 4.99 Å². The summed E-state index contributed by atoms with van der Waals surface area (Å²) < 4.78 is 0. The summed E-state index contributed by atoms with van der Waals surface area (Å²) in [5.41, 5.74) is 0. The van der Waals surface area contributed by atoms with E-state index in [0.717, 1.165) is 6.54 Å². The Bertz CT molecular complexity index is 140. The normalized spacial score (nSPS) is 12.6. The molecule has 0 aliphatic heterocycles. The maximum Gasteiger partial charge on any atom is 0.108 e. The summed E-state index contributed by atoms with van der Waals surface area (Å²) in [6, 6.07) is 0. The lowest BCUT2D eigenvalue weighted by Gasteiger charge is -2.14. The van der Waals surface area contributed by atoms with Gasteiger partial charge < -0.3 is 0 Å². The van der Waals surface area contributed by atoms with Crippen molar-refractivity contribution >= 4 is 24.6 Å². The van der Waals surface area contributed by atoms with E-state index in [1.54, 1.807) is 0 Å². The Labute approximate surface area is 88.1 Å². The molecule has 0 saturated carbocycles. The fraction of sp³-hybridized carbons (Fsp3) is 0.900. The molecule has 0 amide bonds. The zero-order valence-electron chi connectivity index (χ0n) is 9.47. The third-order valence-electron chi connectivity index (χ3n) is 1.65. The molecule has 0 aliphatic carbocycles. The minimum Gasteiger partial charge on any atom is -0.298 e. The predicted molar refractivity (Wildman–Crippen MR) is 68.7 cm³/mol. The van der Waals surface area contributed by atoms with Gasteiger partial charge in [0.2, 0.25) is 0 Å². The van der Waals surface area contributed by atoms with E-state index in [2.05, 4.69) is 35.8 Å². The van der Waals surface area contributed by atoms with Gasteiger partial charge in [-0.1, -0.05) is 26.1 Å². The monoisotopic (exact) mass is 217 g/mol. The highest BCUT2D eigenvalue weighted by atomic mass is 32.4. The molecule has 0 N–H and O–H groups in total. The van der Waals surface area contributed by atoms with Gasteiger partial charge in [0.05, 0.1) is 0 Å². The molecule has 0 fully saturated rings. The highest BCUT2D eigenvalue weighted by molar-refractivity contribution is 8.28. The van der Waals surface area contributed by atoms with E-state index in [0.29, 0.717) is 0 Å². The fourth-order valence-corrected chi connectivity index (χ4v) is 4.22. The van der Waals surface area contributed by atoms with Crippen LogP contribution in [0.25, 0.3) is 0 Å². The van der Waals surface area contributed by atoms with Crippen LogP contribution in [0.3, 0.4) is 0 Å². The van der Waals surface area contributed by atoms with Crippen molar-refractivity contribution in [3.63, 3.8) is 0 Å². The van der Waals surface area contributed by atoms with Crippen LogP contribution in [0.1, 0.15) is 26.2 Å². The topological polar surface area (TPSA) is 12.4 Å². The first-order chi connectivity index (χ1) is 6.06. The second-order valence-corrected chi connectivity index (χ2v) is 13.6. The zero-order valence-corrected chi connectivity index (χ0v) is 11.3. The maximum atomic E-state index is 4.20. The van der Waals surface area contributed by atoms with Gasteiger partial charge in [0, 0.05) is 6.54 Å². The Morgan fingerprint density at radius 1 is 1.15 bits per heavy atom. The van der Waals surface area contributed by atoms with E-state index in [9.17, 15) is 0 Å². The number of hydrogen-bond donors (Lipinski definition) is 0. The predicted octanol–water partition coefficient (Wildman–Crippen LogP) is 3.82. The van der Waals surface area contributed by atoms with Gasteiger partial charge in [0.15, 0.2) is 0 Å². The van der Waals surface area contributed by atoms with Crippen LogP contribution in [-0.2, 0) is 0 Å². The lowest BCUT2D eigenvalue weighted by molar-refractivity contribution is 0.735. The molecule has 0 bridgehead atoms. The molecule has 13 heavy (non-hydrogen) atoms. The average molecular weight is 217 g/mol. The molecule has 0 saturated heterocycles. The highest BCUT2D eigenvalue weighted by Gasteiger charge is 2.12. The first-order valence-corrected chi connectivity index (χ1v) is 10.4. The summed E-state index contributed by atoms with van der Waals surface area (Å²) in [7, 11) is -0.846. The quantitative estimate of drug-likeness (QED) is 0.359. The van der Waals surface area contributed by atoms with Crippen molar-refractivity contribution in [2.24, 2.45) is 4.99 Å². The molecule has 0 aromatic rings. The second-order valence-electron chi connectivity index (χ2n) is 4.19. The van der Waals surface area contributed by atoms with Gasteiger partial charge in [-0.05, 0) is 31.7 Å².